The lowest BCUT2D eigenvalue weighted by atomic mass is 10.0. The van der Waals surface area contributed by atoms with Gasteiger partial charge in [-0.15, -0.1) is 0 Å². The first kappa shape index (κ1) is 25.6. The Labute approximate surface area is 202 Å². The third-order valence-electron chi connectivity index (χ3n) is 5.48. The fraction of sp³-hybridized carbons (Fsp3) is 0.320. The van der Waals surface area contributed by atoms with E-state index in [4.69, 9.17) is 4.74 Å². The van der Waals surface area contributed by atoms with Crippen LogP contribution in [-0.4, -0.2) is 64.8 Å². The lowest BCUT2D eigenvalue weighted by molar-refractivity contribution is -0.157. The first-order valence-corrected chi connectivity index (χ1v) is 11.2. The maximum atomic E-state index is 13.4. The van der Waals surface area contributed by atoms with Crippen molar-refractivity contribution in [1.82, 2.24) is 15.5 Å². The predicted octanol–water partition coefficient (Wildman–Crippen LogP) is 1.29. The Balaban J connectivity index is 1.78. The van der Waals surface area contributed by atoms with Crippen LogP contribution in [0, 0.1) is 0 Å². The number of hydrogen-bond donors (Lipinski definition) is 3. The number of carbonyl (C=O) groups is 5. The van der Waals surface area contributed by atoms with Crippen molar-refractivity contribution in [2.75, 3.05) is 13.1 Å². The van der Waals surface area contributed by atoms with Crippen LogP contribution in [0.25, 0.3) is 0 Å². The molecule has 0 aromatic heterocycles. The second kappa shape index (κ2) is 12.4. The van der Waals surface area contributed by atoms with Gasteiger partial charge in [0.1, 0.15) is 19.2 Å². The Bertz CT molecular complexity index is 1050. The topological polar surface area (TPSA) is 142 Å². The summed E-state index contributed by atoms with van der Waals surface area (Å²) in [5.74, 6) is -4.59. The number of carbonyl (C=O) groups excluding carboxylic acids is 4. The highest BCUT2D eigenvalue weighted by Crippen LogP contribution is 2.12. The molecule has 184 valence electrons. The SMILES string of the molecule is O=C(O)CN(C(=O)C(=O)C1CCCN1)C(=O)C(Cc1ccccc1)NC(=O)OCc1ccccc1. The van der Waals surface area contributed by atoms with Crippen LogP contribution >= 0.6 is 0 Å². The zero-order valence-electron chi connectivity index (χ0n) is 19.0. The van der Waals surface area contributed by atoms with Crippen molar-refractivity contribution >= 4 is 29.7 Å². The number of benzene rings is 2. The summed E-state index contributed by atoms with van der Waals surface area (Å²) in [4.78, 5) is 63.2. The molecule has 1 aliphatic rings. The molecule has 10 heteroatoms. The Morgan fingerprint density at radius 2 is 1.63 bits per heavy atom. The first-order chi connectivity index (χ1) is 16.8. The van der Waals surface area contributed by atoms with Gasteiger partial charge in [0.05, 0.1) is 6.04 Å². The summed E-state index contributed by atoms with van der Waals surface area (Å²) in [7, 11) is 0. The highest BCUT2D eigenvalue weighted by atomic mass is 16.5. The number of ether oxygens (including phenoxy) is 1. The average molecular weight is 482 g/mol. The molecule has 1 fully saturated rings. The minimum Gasteiger partial charge on any atom is -0.480 e. The summed E-state index contributed by atoms with van der Waals surface area (Å²) in [5, 5.41) is 14.6. The van der Waals surface area contributed by atoms with Crippen LogP contribution in [0.1, 0.15) is 24.0 Å². The van der Waals surface area contributed by atoms with Crippen molar-refractivity contribution in [3.8, 4) is 0 Å². The third kappa shape index (κ3) is 7.47. The van der Waals surface area contributed by atoms with E-state index in [9.17, 15) is 29.1 Å². The van der Waals surface area contributed by atoms with Crippen molar-refractivity contribution in [2.24, 2.45) is 0 Å². The normalized spacial score (nSPS) is 15.6. The summed E-state index contributed by atoms with van der Waals surface area (Å²) >= 11 is 0. The third-order valence-corrected chi connectivity index (χ3v) is 5.48. The van der Waals surface area contributed by atoms with Crippen LogP contribution in [0.5, 0.6) is 0 Å². The van der Waals surface area contributed by atoms with E-state index in [0.717, 1.165) is 5.56 Å². The predicted molar refractivity (Wildman–Crippen MR) is 124 cm³/mol. The first-order valence-electron chi connectivity index (χ1n) is 11.2. The molecule has 1 saturated heterocycles. The number of alkyl carbamates (subject to hydrolysis) is 1. The number of aliphatic carboxylic acids is 1. The number of rotatable bonds is 10. The van der Waals surface area contributed by atoms with Gasteiger partial charge in [0.2, 0.25) is 5.78 Å². The second-order valence-corrected chi connectivity index (χ2v) is 8.08. The number of nitrogens with one attached hydrogen (secondary N) is 2. The van der Waals surface area contributed by atoms with Gasteiger partial charge in [0.25, 0.3) is 11.8 Å². The highest BCUT2D eigenvalue weighted by molar-refractivity contribution is 6.41. The number of nitrogens with zero attached hydrogens (tertiary/aromatic N) is 1. The molecule has 2 aromatic carbocycles. The molecule has 0 bridgehead atoms. The van der Waals surface area contributed by atoms with Crippen LogP contribution in [0.15, 0.2) is 60.7 Å². The molecule has 1 heterocycles. The number of carboxylic acids is 1. The maximum Gasteiger partial charge on any atom is 0.408 e. The molecule has 0 saturated carbocycles. The fourth-order valence-corrected chi connectivity index (χ4v) is 3.72. The van der Waals surface area contributed by atoms with Gasteiger partial charge in [0.15, 0.2) is 0 Å². The number of carboxylic acid groups (broad SMARTS) is 1. The number of hydrogen-bond acceptors (Lipinski definition) is 7. The van der Waals surface area contributed by atoms with E-state index in [2.05, 4.69) is 10.6 Å². The molecule has 2 aromatic rings. The van der Waals surface area contributed by atoms with Crippen LogP contribution in [0.2, 0.25) is 0 Å². The van der Waals surface area contributed by atoms with Crippen molar-refractivity contribution < 1.29 is 33.8 Å². The van der Waals surface area contributed by atoms with Gasteiger partial charge in [0, 0.05) is 6.42 Å². The van der Waals surface area contributed by atoms with E-state index in [1.54, 1.807) is 54.6 Å². The second-order valence-electron chi connectivity index (χ2n) is 8.08. The van der Waals surface area contributed by atoms with Crippen molar-refractivity contribution in [3.05, 3.63) is 71.8 Å². The maximum absolute atomic E-state index is 13.4. The quantitative estimate of drug-likeness (QED) is 0.431. The molecule has 2 unspecified atom stereocenters. The molecular formula is C25H27N3O7. The van der Waals surface area contributed by atoms with Gasteiger partial charge in [-0.1, -0.05) is 60.7 Å². The molecule has 3 N–H and O–H groups in total. The standard InChI is InChI=1S/C25H27N3O7/c29-21(30)15-28(24(33)22(31)19-12-7-13-26-19)23(32)20(14-17-8-3-1-4-9-17)27-25(34)35-16-18-10-5-2-6-11-18/h1-6,8-11,19-20,26H,7,12-16H2,(H,27,34)(H,29,30). The summed E-state index contributed by atoms with van der Waals surface area (Å²) in [6.45, 7) is -0.521. The molecule has 3 amide bonds. The summed E-state index contributed by atoms with van der Waals surface area (Å²) in [6, 6.07) is 15.5. The zero-order chi connectivity index (χ0) is 25.2. The Hall–Kier alpha value is -4.05. The van der Waals surface area contributed by atoms with Gasteiger partial charge in [-0.05, 0) is 30.5 Å². The van der Waals surface area contributed by atoms with E-state index in [1.165, 1.54) is 0 Å². The lowest BCUT2D eigenvalue weighted by Gasteiger charge is -2.25. The van der Waals surface area contributed by atoms with Gasteiger partial charge < -0.3 is 20.5 Å². The molecule has 10 nitrogen and oxygen atoms in total. The molecule has 2 atom stereocenters. The molecule has 1 aliphatic heterocycles. The summed E-state index contributed by atoms with van der Waals surface area (Å²) in [6.07, 6.45) is 0.133. The van der Waals surface area contributed by atoms with Crippen molar-refractivity contribution in [1.29, 1.82) is 0 Å². The van der Waals surface area contributed by atoms with E-state index in [-0.39, 0.29) is 13.0 Å². The van der Waals surface area contributed by atoms with E-state index >= 15 is 0 Å². The van der Waals surface area contributed by atoms with Crippen molar-refractivity contribution in [3.63, 3.8) is 0 Å². The smallest absolute Gasteiger partial charge is 0.408 e. The van der Waals surface area contributed by atoms with E-state index in [1.807, 2.05) is 6.07 Å². The summed E-state index contributed by atoms with van der Waals surface area (Å²) < 4.78 is 5.20. The molecule has 0 aliphatic carbocycles. The molecule has 0 radical (unpaired) electrons. The average Bonchev–Trinajstić information content (AvgIpc) is 3.40. The van der Waals surface area contributed by atoms with Gasteiger partial charge in [-0.25, -0.2) is 4.79 Å². The number of Topliss-reactive ketones (excluding diaryl/α,β-unsaturated/α-hetero) is 1. The molecule has 35 heavy (non-hydrogen) atoms. The van der Waals surface area contributed by atoms with Crippen LogP contribution < -0.4 is 10.6 Å². The molecule has 3 rings (SSSR count). The summed E-state index contributed by atoms with van der Waals surface area (Å²) in [5.41, 5.74) is 1.38. The lowest BCUT2D eigenvalue weighted by Crippen LogP contribution is -2.56. The van der Waals surface area contributed by atoms with E-state index < -0.39 is 48.3 Å². The van der Waals surface area contributed by atoms with Gasteiger partial charge in [-0.3, -0.25) is 24.1 Å². The Morgan fingerprint density at radius 1 is 1.00 bits per heavy atom. The van der Waals surface area contributed by atoms with Crippen LogP contribution in [0.4, 0.5) is 4.79 Å². The minimum atomic E-state index is -1.47. The molecular weight excluding hydrogens is 454 g/mol. The number of ketones is 1. The minimum absolute atomic E-state index is 0.0423. The van der Waals surface area contributed by atoms with Gasteiger partial charge in [-0.2, -0.15) is 0 Å². The monoisotopic (exact) mass is 481 g/mol. The zero-order valence-corrected chi connectivity index (χ0v) is 19.0. The van der Waals surface area contributed by atoms with Gasteiger partial charge >= 0.3 is 12.1 Å². The van der Waals surface area contributed by atoms with E-state index in [0.29, 0.717) is 29.8 Å². The fourth-order valence-electron chi connectivity index (χ4n) is 3.72. The molecule has 0 spiro atoms. The number of amides is 3. The number of imide groups is 1. The van der Waals surface area contributed by atoms with Crippen molar-refractivity contribution in [2.45, 2.75) is 38.0 Å². The Morgan fingerprint density at radius 3 is 2.20 bits per heavy atom. The largest absolute Gasteiger partial charge is 0.480 e. The Kier molecular flexibility index (Phi) is 9.08. The van der Waals surface area contributed by atoms with Crippen LogP contribution in [-0.2, 0) is 36.9 Å². The van der Waals surface area contributed by atoms with Crippen LogP contribution in [0.3, 0.4) is 0 Å². The highest BCUT2D eigenvalue weighted by Gasteiger charge is 2.38.